The van der Waals surface area contributed by atoms with E-state index in [2.05, 4.69) is 309 Å². The summed E-state index contributed by atoms with van der Waals surface area (Å²) in [4.78, 5) is 0. The zero-order chi connectivity index (χ0) is 46.6. The first-order valence-electron chi connectivity index (χ1n) is 22.0. The molecule has 64 heavy (non-hydrogen) atoms. The Hall–Kier alpha value is 1.06. The SMILES string of the molecule is CCCCCCCC[P+](c1ccccc1)(c1ccccc1)c1ccccc1.CCCCCCCC[P+](c1ccccc1)(c1ccccc1)c1ccccc1.[Br][Mn-]([Br])([Br])[Br].[Br][Mn-]([Br])([Br])[Br]. The van der Waals surface area contributed by atoms with E-state index < -0.39 is 25.8 Å². The second-order valence-electron chi connectivity index (χ2n) is 15.3. The number of halogens is 8. The Balaban J connectivity index is 0.000000281. The second-order valence-corrected chi connectivity index (χ2v) is 94.0. The average molecular weight is 1500 g/mol. The normalized spacial score (nSPS) is 12.0. The van der Waals surface area contributed by atoms with Crippen molar-refractivity contribution in [2.75, 3.05) is 12.3 Å². The first-order valence-corrected chi connectivity index (χ1v) is 49.3. The van der Waals surface area contributed by atoms with E-state index in [4.69, 9.17) is 0 Å². The van der Waals surface area contributed by atoms with Crippen molar-refractivity contribution in [3.05, 3.63) is 182 Å². The number of rotatable bonds is 20. The molecule has 0 fully saturated rings. The van der Waals surface area contributed by atoms with Gasteiger partial charge < -0.3 is 0 Å². The summed E-state index contributed by atoms with van der Waals surface area (Å²) in [6.45, 7) is 4.58. The van der Waals surface area contributed by atoms with Crippen molar-refractivity contribution >= 4 is 159 Å². The number of hydrogen-bond acceptors (Lipinski definition) is 0. The van der Waals surface area contributed by atoms with Gasteiger partial charge in [-0.2, -0.15) is 0 Å². The molecule has 0 aliphatic rings. The van der Waals surface area contributed by atoms with E-state index in [1.165, 1.54) is 121 Å². The molecule has 352 valence electrons. The van der Waals surface area contributed by atoms with Crippen LogP contribution >= 0.6 is 127 Å². The van der Waals surface area contributed by atoms with Crippen LogP contribution in [-0.2, 0) is 11.2 Å². The maximum atomic E-state index is 3.27. The van der Waals surface area contributed by atoms with Crippen LogP contribution < -0.4 is 31.8 Å². The summed E-state index contributed by atoms with van der Waals surface area (Å²) in [7, 11) is -3.22. The molecule has 0 saturated heterocycles. The zero-order valence-corrected chi connectivity index (χ0v) is 53.7. The van der Waals surface area contributed by atoms with Gasteiger partial charge in [-0.25, -0.2) is 0 Å². The Morgan fingerprint density at radius 3 is 0.594 bits per heavy atom. The fraction of sp³-hybridized carbons (Fsp3) is 0.308. The molecule has 0 radical (unpaired) electrons. The standard InChI is InChI=1S/2C26H32P.8BrH.2Mn/c2*1-2-3-4-5-6-16-23-27(24-17-10-7-11-18-24,25-19-12-8-13-20-25)26-21-14-9-15-22-26;;;;;;;;;;/h2*7-15,17-22H,2-6,16,23H2,1H3;8*1H;;/q2*+1;;;;;;;;;2*+3/p-8. The molecular weight excluding hydrogens is 1440 g/mol. The van der Waals surface area contributed by atoms with Crippen molar-refractivity contribution < 1.29 is 11.2 Å². The van der Waals surface area contributed by atoms with Gasteiger partial charge in [-0.15, -0.1) is 0 Å². The third kappa shape index (κ3) is 22.9. The fourth-order valence-corrected chi connectivity index (χ4v) is 16.8. The number of unbranched alkanes of at least 4 members (excludes halogenated alkanes) is 10. The van der Waals surface area contributed by atoms with Crippen LogP contribution in [0, 0.1) is 0 Å². The summed E-state index contributed by atoms with van der Waals surface area (Å²) in [6.07, 6.45) is 18.7. The molecule has 0 saturated carbocycles. The topological polar surface area (TPSA) is 0 Å². The van der Waals surface area contributed by atoms with E-state index in [0.29, 0.717) is 0 Å². The first kappa shape index (κ1) is 59.4. The van der Waals surface area contributed by atoms with E-state index >= 15 is 0 Å². The van der Waals surface area contributed by atoms with Crippen LogP contribution in [0.1, 0.15) is 90.9 Å². The third-order valence-corrected chi connectivity index (χ3v) is 19.9. The molecule has 6 aromatic carbocycles. The average Bonchev–Trinajstić information content (AvgIpc) is 3.30. The number of hydrogen-bond donors (Lipinski definition) is 0. The molecule has 0 N–H and O–H groups in total. The summed E-state index contributed by atoms with van der Waals surface area (Å²) in [5, 5.41) is 9.06. The van der Waals surface area contributed by atoms with Crippen LogP contribution in [0.25, 0.3) is 0 Å². The second kappa shape index (κ2) is 33.6. The van der Waals surface area contributed by atoms with E-state index in [1.807, 2.05) is 0 Å². The van der Waals surface area contributed by atoms with E-state index in [9.17, 15) is 0 Å². The van der Waals surface area contributed by atoms with Gasteiger partial charge in [-0.3, -0.25) is 0 Å². The fourth-order valence-electron chi connectivity index (χ4n) is 8.02. The van der Waals surface area contributed by atoms with E-state index in [0.717, 1.165) is 0 Å². The van der Waals surface area contributed by atoms with Crippen LogP contribution in [0.5, 0.6) is 0 Å². The molecule has 0 amide bonds. The van der Waals surface area contributed by atoms with Crippen molar-refractivity contribution in [1.29, 1.82) is 0 Å². The predicted molar refractivity (Wildman–Crippen MR) is 318 cm³/mol. The Morgan fingerprint density at radius 1 is 0.266 bits per heavy atom. The number of benzene rings is 6. The summed E-state index contributed by atoms with van der Waals surface area (Å²) >= 11 is 26.1. The molecule has 0 aliphatic heterocycles. The van der Waals surface area contributed by atoms with Gasteiger partial charge in [-0.05, 0) is 98.5 Å². The first-order chi connectivity index (χ1) is 30.8. The molecule has 0 aromatic heterocycles. The van der Waals surface area contributed by atoms with Gasteiger partial charge in [-0.1, -0.05) is 174 Å². The molecule has 0 aliphatic carbocycles. The summed E-state index contributed by atoms with van der Waals surface area (Å²) in [5.41, 5.74) is -2.75. The molecule has 0 nitrogen and oxygen atoms in total. The molecule has 0 atom stereocenters. The van der Waals surface area contributed by atoms with Crippen molar-refractivity contribution in [3.63, 3.8) is 0 Å². The van der Waals surface area contributed by atoms with Crippen molar-refractivity contribution in [3.8, 4) is 0 Å². The summed E-state index contributed by atoms with van der Waals surface area (Å²) < 4.78 is 0. The summed E-state index contributed by atoms with van der Waals surface area (Å²) in [6, 6.07) is 67.5. The molecule has 0 bridgehead atoms. The minimum atomic E-state index is -1.61. The van der Waals surface area contributed by atoms with Crippen molar-refractivity contribution in [1.82, 2.24) is 0 Å². The molecule has 0 spiro atoms. The van der Waals surface area contributed by atoms with E-state index in [1.54, 1.807) is 0 Å². The molecule has 0 heterocycles. The van der Waals surface area contributed by atoms with Gasteiger partial charge in [0.1, 0.15) is 46.4 Å². The van der Waals surface area contributed by atoms with Crippen LogP contribution in [0.3, 0.4) is 0 Å². The molecule has 0 unspecified atom stereocenters. The molecule has 6 rings (SSSR count). The maximum absolute atomic E-state index is 3.27. The monoisotopic (exact) mass is 1490 g/mol. The zero-order valence-electron chi connectivity index (χ0n) is 36.9. The van der Waals surface area contributed by atoms with Gasteiger partial charge in [0.2, 0.25) is 0 Å². The Bertz CT molecular complexity index is 1690. The molecule has 6 aromatic rings. The Labute approximate surface area is 449 Å². The molecular formula is C52H64Br8Mn2P2. The Morgan fingerprint density at radius 2 is 0.422 bits per heavy atom. The van der Waals surface area contributed by atoms with Crippen LogP contribution in [0.4, 0.5) is 0 Å². The van der Waals surface area contributed by atoms with Gasteiger partial charge in [0, 0.05) is 0 Å². The molecule has 12 heteroatoms. The Kier molecular flexibility index (Phi) is 31.2. The third-order valence-electron chi connectivity index (χ3n) is 10.9. The van der Waals surface area contributed by atoms with Crippen LogP contribution in [0.15, 0.2) is 182 Å². The van der Waals surface area contributed by atoms with Crippen LogP contribution in [-0.4, -0.2) is 12.3 Å². The van der Waals surface area contributed by atoms with Crippen molar-refractivity contribution in [2.45, 2.75) is 90.9 Å². The van der Waals surface area contributed by atoms with Crippen LogP contribution in [0.2, 0.25) is 0 Å². The van der Waals surface area contributed by atoms with Gasteiger partial charge >= 0.3 is 124 Å². The predicted octanol–water partition coefficient (Wildman–Crippen LogP) is 19.4. The van der Waals surface area contributed by atoms with E-state index in [-0.39, 0.29) is 0 Å². The quantitative estimate of drug-likeness (QED) is 0.0406. The summed E-state index contributed by atoms with van der Waals surface area (Å²) in [5.74, 6) is 0. The van der Waals surface area contributed by atoms with Gasteiger partial charge in [0.15, 0.2) is 0 Å². The van der Waals surface area contributed by atoms with Crippen molar-refractivity contribution in [2.24, 2.45) is 0 Å². The van der Waals surface area contributed by atoms with Gasteiger partial charge in [0.25, 0.3) is 0 Å². The minimum absolute atomic E-state index is 1.26. The van der Waals surface area contributed by atoms with Gasteiger partial charge in [0.05, 0.1) is 12.3 Å².